The first-order valence-corrected chi connectivity index (χ1v) is 7.67. The number of carbonyl (C=O) groups excluding carboxylic acids is 1. The smallest absolute Gasteiger partial charge is 0.258 e. The standard InChI is InChI=1S/C19H16FN3O2/c1-13-5-7-17(21-10-13)23-19(24)15-6-8-18(22-11-15)25-12-14-3-2-4-16(20)9-14/h2-11H,12H2,1H3,(H,21,23,24). The number of benzene rings is 1. The van der Waals surface area contributed by atoms with Gasteiger partial charge in [0.05, 0.1) is 5.56 Å². The summed E-state index contributed by atoms with van der Waals surface area (Å²) < 4.78 is 18.6. The zero-order chi connectivity index (χ0) is 17.6. The van der Waals surface area contributed by atoms with Gasteiger partial charge in [-0.3, -0.25) is 4.79 Å². The summed E-state index contributed by atoms with van der Waals surface area (Å²) in [6, 6.07) is 13.0. The summed E-state index contributed by atoms with van der Waals surface area (Å²) in [7, 11) is 0. The predicted octanol–water partition coefficient (Wildman–Crippen LogP) is 3.76. The SMILES string of the molecule is Cc1ccc(NC(=O)c2ccc(OCc3cccc(F)c3)nc2)nc1. The van der Waals surface area contributed by atoms with Crippen molar-refractivity contribution in [1.29, 1.82) is 0 Å². The van der Waals surface area contributed by atoms with Crippen LogP contribution in [-0.4, -0.2) is 15.9 Å². The van der Waals surface area contributed by atoms with Crippen LogP contribution in [-0.2, 0) is 6.61 Å². The second-order valence-corrected chi connectivity index (χ2v) is 5.48. The number of pyridine rings is 2. The molecule has 0 atom stereocenters. The number of nitrogens with one attached hydrogen (secondary N) is 1. The third-order valence-electron chi connectivity index (χ3n) is 3.43. The zero-order valence-electron chi connectivity index (χ0n) is 13.6. The Kier molecular flexibility index (Phi) is 4.99. The van der Waals surface area contributed by atoms with Crippen molar-refractivity contribution in [2.75, 3.05) is 5.32 Å². The lowest BCUT2D eigenvalue weighted by Crippen LogP contribution is -2.13. The summed E-state index contributed by atoms with van der Waals surface area (Å²) in [4.78, 5) is 20.4. The molecule has 0 aliphatic heterocycles. The Morgan fingerprint density at radius 1 is 1.12 bits per heavy atom. The van der Waals surface area contributed by atoms with Crippen molar-refractivity contribution in [3.05, 3.63) is 83.4 Å². The van der Waals surface area contributed by atoms with Crippen molar-refractivity contribution in [2.24, 2.45) is 0 Å². The lowest BCUT2D eigenvalue weighted by atomic mass is 10.2. The first-order valence-electron chi connectivity index (χ1n) is 7.67. The molecule has 126 valence electrons. The largest absolute Gasteiger partial charge is 0.473 e. The molecule has 6 heteroatoms. The zero-order valence-corrected chi connectivity index (χ0v) is 13.6. The summed E-state index contributed by atoms with van der Waals surface area (Å²) >= 11 is 0. The molecule has 1 aromatic carbocycles. The average molecular weight is 337 g/mol. The number of ether oxygens (including phenoxy) is 1. The molecule has 1 amide bonds. The Hall–Kier alpha value is -3.28. The molecule has 0 aliphatic carbocycles. The number of hydrogen-bond donors (Lipinski definition) is 1. The highest BCUT2D eigenvalue weighted by Crippen LogP contribution is 2.13. The summed E-state index contributed by atoms with van der Waals surface area (Å²) in [6.07, 6.45) is 3.10. The van der Waals surface area contributed by atoms with Crippen LogP contribution in [0.1, 0.15) is 21.5 Å². The van der Waals surface area contributed by atoms with Gasteiger partial charge in [0.15, 0.2) is 0 Å². The Labute approximate surface area is 144 Å². The highest BCUT2D eigenvalue weighted by atomic mass is 19.1. The second-order valence-electron chi connectivity index (χ2n) is 5.48. The molecule has 0 saturated carbocycles. The maximum absolute atomic E-state index is 13.1. The number of carbonyl (C=O) groups is 1. The minimum atomic E-state index is -0.314. The van der Waals surface area contributed by atoms with Gasteiger partial charge in [0.2, 0.25) is 5.88 Å². The topological polar surface area (TPSA) is 64.1 Å². The van der Waals surface area contributed by atoms with Crippen LogP contribution in [0.2, 0.25) is 0 Å². The number of rotatable bonds is 5. The van der Waals surface area contributed by atoms with Crippen molar-refractivity contribution in [3.8, 4) is 5.88 Å². The summed E-state index contributed by atoms with van der Waals surface area (Å²) in [6.45, 7) is 2.12. The Balaban J connectivity index is 1.59. The molecule has 0 spiro atoms. The second kappa shape index (κ2) is 7.53. The van der Waals surface area contributed by atoms with Gasteiger partial charge in [0.25, 0.3) is 5.91 Å². The lowest BCUT2D eigenvalue weighted by Gasteiger charge is -2.07. The first kappa shape index (κ1) is 16.6. The van der Waals surface area contributed by atoms with Crippen molar-refractivity contribution in [1.82, 2.24) is 9.97 Å². The van der Waals surface area contributed by atoms with E-state index in [1.807, 2.05) is 13.0 Å². The molecule has 2 heterocycles. The molecule has 0 saturated heterocycles. The monoisotopic (exact) mass is 337 g/mol. The normalized spacial score (nSPS) is 10.3. The predicted molar refractivity (Wildman–Crippen MR) is 91.9 cm³/mol. The molecule has 0 bridgehead atoms. The highest BCUT2D eigenvalue weighted by molar-refractivity contribution is 6.03. The molecule has 3 rings (SSSR count). The third kappa shape index (κ3) is 4.60. The van der Waals surface area contributed by atoms with Crippen LogP contribution >= 0.6 is 0 Å². The summed E-state index contributed by atoms with van der Waals surface area (Å²) in [5.41, 5.74) is 2.11. The van der Waals surface area contributed by atoms with E-state index in [4.69, 9.17) is 4.74 Å². The van der Waals surface area contributed by atoms with E-state index < -0.39 is 0 Å². The Morgan fingerprint density at radius 3 is 2.68 bits per heavy atom. The van der Waals surface area contributed by atoms with Gasteiger partial charge in [-0.2, -0.15) is 0 Å². The molecule has 5 nitrogen and oxygen atoms in total. The van der Waals surface area contributed by atoms with Crippen LogP contribution in [0.25, 0.3) is 0 Å². The van der Waals surface area contributed by atoms with Gasteiger partial charge in [-0.25, -0.2) is 14.4 Å². The van der Waals surface area contributed by atoms with Crippen LogP contribution in [0, 0.1) is 12.7 Å². The molecule has 25 heavy (non-hydrogen) atoms. The van der Waals surface area contributed by atoms with E-state index in [0.717, 1.165) is 5.56 Å². The number of aromatic nitrogens is 2. The molecule has 0 radical (unpaired) electrons. The molecule has 0 aliphatic rings. The van der Waals surface area contributed by atoms with E-state index in [1.54, 1.807) is 36.5 Å². The van der Waals surface area contributed by atoms with Crippen LogP contribution in [0.3, 0.4) is 0 Å². The Morgan fingerprint density at radius 2 is 2.00 bits per heavy atom. The van der Waals surface area contributed by atoms with Gasteiger partial charge in [-0.1, -0.05) is 18.2 Å². The van der Waals surface area contributed by atoms with E-state index in [2.05, 4.69) is 15.3 Å². The minimum absolute atomic E-state index is 0.198. The van der Waals surface area contributed by atoms with Crippen molar-refractivity contribution < 1.29 is 13.9 Å². The van der Waals surface area contributed by atoms with Gasteiger partial charge in [0, 0.05) is 18.5 Å². The maximum atomic E-state index is 13.1. The summed E-state index contributed by atoms with van der Waals surface area (Å²) in [5.74, 6) is 0.211. The van der Waals surface area contributed by atoms with Gasteiger partial charge in [0.1, 0.15) is 18.2 Å². The fourth-order valence-corrected chi connectivity index (χ4v) is 2.11. The highest BCUT2D eigenvalue weighted by Gasteiger charge is 2.08. The number of halogens is 1. The van der Waals surface area contributed by atoms with E-state index >= 15 is 0 Å². The van der Waals surface area contributed by atoms with Crippen LogP contribution in [0.15, 0.2) is 60.9 Å². The maximum Gasteiger partial charge on any atom is 0.258 e. The lowest BCUT2D eigenvalue weighted by molar-refractivity contribution is 0.102. The number of aryl methyl sites for hydroxylation is 1. The first-order chi connectivity index (χ1) is 12.1. The summed E-state index contributed by atoms with van der Waals surface area (Å²) in [5, 5.41) is 2.70. The molecular formula is C19H16FN3O2. The molecule has 2 aromatic heterocycles. The quantitative estimate of drug-likeness (QED) is 0.770. The fraction of sp³-hybridized carbons (Fsp3) is 0.105. The number of anilines is 1. The van der Waals surface area contributed by atoms with Crippen LogP contribution in [0.5, 0.6) is 5.88 Å². The Bertz CT molecular complexity index is 865. The van der Waals surface area contributed by atoms with E-state index in [-0.39, 0.29) is 18.3 Å². The average Bonchev–Trinajstić information content (AvgIpc) is 2.62. The van der Waals surface area contributed by atoms with Gasteiger partial charge in [-0.15, -0.1) is 0 Å². The van der Waals surface area contributed by atoms with Gasteiger partial charge in [-0.05, 0) is 42.3 Å². The van der Waals surface area contributed by atoms with Crippen LogP contribution < -0.4 is 10.1 Å². The number of amides is 1. The molecule has 3 aromatic rings. The van der Waals surface area contributed by atoms with Crippen molar-refractivity contribution in [3.63, 3.8) is 0 Å². The fourth-order valence-electron chi connectivity index (χ4n) is 2.11. The van der Waals surface area contributed by atoms with E-state index in [0.29, 0.717) is 22.8 Å². The van der Waals surface area contributed by atoms with Crippen molar-refractivity contribution >= 4 is 11.7 Å². The number of nitrogens with zero attached hydrogens (tertiary/aromatic N) is 2. The molecule has 0 unspecified atom stereocenters. The molecule has 0 fully saturated rings. The van der Waals surface area contributed by atoms with E-state index in [1.165, 1.54) is 18.3 Å². The molecular weight excluding hydrogens is 321 g/mol. The minimum Gasteiger partial charge on any atom is -0.473 e. The van der Waals surface area contributed by atoms with Gasteiger partial charge >= 0.3 is 0 Å². The van der Waals surface area contributed by atoms with Crippen molar-refractivity contribution in [2.45, 2.75) is 13.5 Å². The third-order valence-corrected chi connectivity index (χ3v) is 3.43. The molecule has 1 N–H and O–H groups in total. The van der Waals surface area contributed by atoms with Crippen LogP contribution in [0.4, 0.5) is 10.2 Å². The number of hydrogen-bond acceptors (Lipinski definition) is 4. The van der Waals surface area contributed by atoms with Gasteiger partial charge < -0.3 is 10.1 Å². The van der Waals surface area contributed by atoms with E-state index in [9.17, 15) is 9.18 Å².